The fraction of sp³-hybridized carbons (Fsp3) is 0.190. The van der Waals surface area contributed by atoms with E-state index in [0.29, 0.717) is 23.9 Å². The second-order valence-electron chi connectivity index (χ2n) is 6.12. The van der Waals surface area contributed by atoms with Crippen LogP contribution in [-0.4, -0.2) is 30.1 Å². The Labute approximate surface area is 163 Å². The van der Waals surface area contributed by atoms with Gasteiger partial charge < -0.3 is 20.1 Å². The molecule has 0 aliphatic rings. The SMILES string of the molecule is COc1ccc(CC(=O)Nc2ccc(Nc3cc(OC)nc(C)n3)cc2)cc1. The summed E-state index contributed by atoms with van der Waals surface area (Å²) in [6, 6.07) is 16.6. The molecule has 1 amide bonds. The van der Waals surface area contributed by atoms with Crippen molar-refractivity contribution in [1.29, 1.82) is 0 Å². The van der Waals surface area contributed by atoms with E-state index in [4.69, 9.17) is 9.47 Å². The van der Waals surface area contributed by atoms with Crippen LogP contribution in [0.15, 0.2) is 54.6 Å². The van der Waals surface area contributed by atoms with Crippen LogP contribution in [0.2, 0.25) is 0 Å². The van der Waals surface area contributed by atoms with Gasteiger partial charge in [-0.15, -0.1) is 0 Å². The zero-order chi connectivity index (χ0) is 19.9. The summed E-state index contributed by atoms with van der Waals surface area (Å²) in [4.78, 5) is 20.7. The molecule has 0 spiro atoms. The van der Waals surface area contributed by atoms with Crippen molar-refractivity contribution in [3.8, 4) is 11.6 Å². The maximum absolute atomic E-state index is 12.2. The zero-order valence-electron chi connectivity index (χ0n) is 16.0. The maximum Gasteiger partial charge on any atom is 0.228 e. The quantitative estimate of drug-likeness (QED) is 0.652. The Bertz CT molecular complexity index is 941. The van der Waals surface area contributed by atoms with Crippen LogP contribution in [0.1, 0.15) is 11.4 Å². The minimum Gasteiger partial charge on any atom is -0.497 e. The van der Waals surface area contributed by atoms with Gasteiger partial charge in [0.15, 0.2) is 0 Å². The van der Waals surface area contributed by atoms with Gasteiger partial charge in [-0.2, -0.15) is 4.98 Å². The van der Waals surface area contributed by atoms with Gasteiger partial charge in [-0.1, -0.05) is 12.1 Å². The van der Waals surface area contributed by atoms with Crippen LogP contribution in [0.3, 0.4) is 0 Å². The lowest BCUT2D eigenvalue weighted by Gasteiger charge is -2.10. The number of benzene rings is 2. The van der Waals surface area contributed by atoms with Gasteiger partial charge in [0.1, 0.15) is 17.4 Å². The highest BCUT2D eigenvalue weighted by Crippen LogP contribution is 2.20. The maximum atomic E-state index is 12.2. The van der Waals surface area contributed by atoms with Crippen molar-refractivity contribution in [1.82, 2.24) is 9.97 Å². The van der Waals surface area contributed by atoms with Crippen LogP contribution < -0.4 is 20.1 Å². The first-order valence-electron chi connectivity index (χ1n) is 8.75. The van der Waals surface area contributed by atoms with Gasteiger partial charge in [0.25, 0.3) is 0 Å². The molecule has 2 N–H and O–H groups in total. The highest BCUT2D eigenvalue weighted by atomic mass is 16.5. The third kappa shape index (κ3) is 5.20. The smallest absolute Gasteiger partial charge is 0.228 e. The van der Waals surface area contributed by atoms with E-state index in [1.54, 1.807) is 27.2 Å². The normalized spacial score (nSPS) is 10.2. The number of methoxy groups -OCH3 is 2. The van der Waals surface area contributed by atoms with E-state index in [1.807, 2.05) is 48.5 Å². The van der Waals surface area contributed by atoms with E-state index in [9.17, 15) is 4.79 Å². The number of anilines is 3. The molecule has 0 saturated heterocycles. The largest absolute Gasteiger partial charge is 0.497 e. The molecule has 1 aromatic heterocycles. The Kier molecular flexibility index (Phi) is 6.06. The number of carbonyl (C=O) groups is 1. The number of carbonyl (C=O) groups excluding carboxylic acids is 1. The van der Waals surface area contributed by atoms with Gasteiger partial charge in [-0.05, 0) is 48.9 Å². The molecule has 3 rings (SSSR count). The van der Waals surface area contributed by atoms with Gasteiger partial charge in [0.2, 0.25) is 11.8 Å². The van der Waals surface area contributed by atoms with E-state index in [1.165, 1.54) is 0 Å². The molecule has 0 aliphatic heterocycles. The van der Waals surface area contributed by atoms with Crippen molar-refractivity contribution in [2.75, 3.05) is 24.9 Å². The van der Waals surface area contributed by atoms with Crippen LogP contribution >= 0.6 is 0 Å². The number of ether oxygens (including phenoxy) is 2. The standard InChI is InChI=1S/C21H22N4O3/c1-14-22-19(13-21(23-14)28-3)24-16-6-8-17(9-7-16)25-20(26)12-15-4-10-18(27-2)11-5-15/h4-11,13H,12H2,1-3H3,(H,25,26)(H,22,23,24). The van der Waals surface area contributed by atoms with Crippen molar-refractivity contribution < 1.29 is 14.3 Å². The van der Waals surface area contributed by atoms with Crippen molar-refractivity contribution in [3.05, 3.63) is 66.0 Å². The molecule has 0 fully saturated rings. The summed E-state index contributed by atoms with van der Waals surface area (Å²) in [6.07, 6.45) is 0.296. The molecule has 0 atom stereocenters. The Morgan fingerprint density at radius 1 is 0.929 bits per heavy atom. The number of amides is 1. The van der Waals surface area contributed by atoms with Crippen LogP contribution in [0.5, 0.6) is 11.6 Å². The second-order valence-corrected chi connectivity index (χ2v) is 6.12. The molecule has 0 saturated carbocycles. The molecule has 28 heavy (non-hydrogen) atoms. The third-order valence-electron chi connectivity index (χ3n) is 3.99. The summed E-state index contributed by atoms with van der Waals surface area (Å²) in [5, 5.41) is 6.09. The molecular weight excluding hydrogens is 356 g/mol. The Hall–Kier alpha value is -3.61. The van der Waals surface area contributed by atoms with E-state index in [-0.39, 0.29) is 5.91 Å². The van der Waals surface area contributed by atoms with Crippen molar-refractivity contribution in [2.24, 2.45) is 0 Å². The van der Waals surface area contributed by atoms with Crippen LogP contribution in [0.25, 0.3) is 0 Å². The van der Waals surface area contributed by atoms with Crippen molar-refractivity contribution in [2.45, 2.75) is 13.3 Å². The van der Waals surface area contributed by atoms with Gasteiger partial charge in [0.05, 0.1) is 20.6 Å². The topological polar surface area (TPSA) is 85.4 Å². The monoisotopic (exact) mass is 378 g/mol. The van der Waals surface area contributed by atoms with Gasteiger partial charge >= 0.3 is 0 Å². The molecule has 144 valence electrons. The molecule has 7 nitrogen and oxygen atoms in total. The first-order valence-corrected chi connectivity index (χ1v) is 8.75. The molecular formula is C21H22N4O3. The predicted octanol–water partition coefficient (Wildman–Crippen LogP) is 3.73. The minimum atomic E-state index is -0.0814. The van der Waals surface area contributed by atoms with Crippen molar-refractivity contribution in [3.63, 3.8) is 0 Å². The van der Waals surface area contributed by atoms with Crippen LogP contribution in [0.4, 0.5) is 17.2 Å². The van der Waals surface area contributed by atoms with Crippen LogP contribution in [-0.2, 0) is 11.2 Å². The number of aryl methyl sites for hydroxylation is 1. The van der Waals surface area contributed by atoms with E-state index in [0.717, 1.165) is 22.7 Å². The Balaban J connectivity index is 1.59. The second kappa shape index (κ2) is 8.85. The van der Waals surface area contributed by atoms with E-state index < -0.39 is 0 Å². The minimum absolute atomic E-state index is 0.0814. The number of nitrogens with zero attached hydrogens (tertiary/aromatic N) is 2. The molecule has 1 heterocycles. The van der Waals surface area contributed by atoms with Crippen LogP contribution in [0, 0.1) is 6.92 Å². The fourth-order valence-electron chi connectivity index (χ4n) is 2.63. The lowest BCUT2D eigenvalue weighted by Crippen LogP contribution is -2.14. The summed E-state index contributed by atoms with van der Waals surface area (Å²) in [5.41, 5.74) is 2.48. The molecule has 7 heteroatoms. The van der Waals surface area contributed by atoms with Gasteiger partial charge in [-0.3, -0.25) is 4.79 Å². The predicted molar refractivity (Wildman–Crippen MR) is 108 cm³/mol. The van der Waals surface area contributed by atoms with E-state index in [2.05, 4.69) is 20.6 Å². The van der Waals surface area contributed by atoms with Gasteiger partial charge in [0, 0.05) is 17.4 Å². The number of aromatic nitrogens is 2. The summed E-state index contributed by atoms with van der Waals surface area (Å²) >= 11 is 0. The summed E-state index contributed by atoms with van der Waals surface area (Å²) < 4.78 is 10.3. The average molecular weight is 378 g/mol. The highest BCUT2D eigenvalue weighted by molar-refractivity contribution is 5.92. The van der Waals surface area contributed by atoms with Gasteiger partial charge in [-0.25, -0.2) is 4.98 Å². The zero-order valence-corrected chi connectivity index (χ0v) is 16.0. The third-order valence-corrected chi connectivity index (χ3v) is 3.99. The fourth-order valence-corrected chi connectivity index (χ4v) is 2.63. The molecule has 3 aromatic rings. The molecule has 0 bridgehead atoms. The Morgan fingerprint density at radius 2 is 1.61 bits per heavy atom. The molecule has 2 aromatic carbocycles. The summed E-state index contributed by atoms with van der Waals surface area (Å²) in [7, 11) is 3.18. The Morgan fingerprint density at radius 3 is 2.25 bits per heavy atom. The van der Waals surface area contributed by atoms with E-state index >= 15 is 0 Å². The summed E-state index contributed by atoms with van der Waals surface area (Å²) in [6.45, 7) is 1.80. The number of hydrogen-bond donors (Lipinski definition) is 2. The average Bonchev–Trinajstić information content (AvgIpc) is 2.69. The lowest BCUT2D eigenvalue weighted by molar-refractivity contribution is -0.115. The first-order chi connectivity index (χ1) is 13.6. The number of hydrogen-bond acceptors (Lipinski definition) is 6. The molecule has 0 radical (unpaired) electrons. The number of nitrogens with one attached hydrogen (secondary N) is 2. The lowest BCUT2D eigenvalue weighted by atomic mass is 10.1. The highest BCUT2D eigenvalue weighted by Gasteiger charge is 2.06. The first kappa shape index (κ1) is 19.2. The molecule has 0 aliphatic carbocycles. The van der Waals surface area contributed by atoms with Crippen molar-refractivity contribution >= 4 is 23.1 Å². The molecule has 0 unspecified atom stereocenters. The summed E-state index contributed by atoms with van der Waals surface area (Å²) in [5.74, 6) is 2.44. The number of rotatable bonds is 7.